The third kappa shape index (κ3) is 5.34. The molecule has 0 radical (unpaired) electrons. The minimum absolute atomic E-state index is 0.123. The number of aryl methyl sites for hydroxylation is 1. The zero-order valence-corrected chi connectivity index (χ0v) is 20.5. The van der Waals surface area contributed by atoms with E-state index in [1.54, 1.807) is 42.1 Å². The van der Waals surface area contributed by atoms with Gasteiger partial charge in [-0.1, -0.05) is 32.9 Å². The molecule has 4 rings (SSSR count). The Balaban J connectivity index is 1.66. The Morgan fingerprint density at radius 1 is 1.03 bits per heavy atom. The standard InChI is InChI=1S/C28H29F2N3O2/c1-17-6-7-19(15-24(17)30)26(18(2)32-27(34)28(3,4)5)35-23-12-13-25-20(14-23)16-31-33(25)22-10-8-21(29)9-11-22/h6-16,18,26H,1-5H3,(H,32,34)/t18-,26+/m0/s1. The lowest BCUT2D eigenvalue weighted by Gasteiger charge is -2.29. The molecule has 0 aliphatic rings. The minimum atomic E-state index is -0.624. The van der Waals surface area contributed by atoms with Gasteiger partial charge >= 0.3 is 0 Å². The number of hydrogen-bond donors (Lipinski definition) is 1. The van der Waals surface area contributed by atoms with Gasteiger partial charge < -0.3 is 10.1 Å². The van der Waals surface area contributed by atoms with Gasteiger partial charge in [-0.25, -0.2) is 13.5 Å². The summed E-state index contributed by atoms with van der Waals surface area (Å²) in [5.74, 6) is -0.213. The summed E-state index contributed by atoms with van der Waals surface area (Å²) in [5.41, 5.74) is 2.15. The molecule has 1 aromatic heterocycles. The Bertz CT molecular complexity index is 1360. The average Bonchev–Trinajstić information content (AvgIpc) is 3.22. The Morgan fingerprint density at radius 2 is 1.74 bits per heavy atom. The number of aromatic nitrogens is 2. The van der Waals surface area contributed by atoms with Gasteiger partial charge in [0.25, 0.3) is 0 Å². The summed E-state index contributed by atoms with van der Waals surface area (Å²) in [7, 11) is 0. The number of carbonyl (C=O) groups excluding carboxylic acids is 1. The second-order valence-corrected chi connectivity index (χ2v) is 9.81. The summed E-state index contributed by atoms with van der Waals surface area (Å²) in [4.78, 5) is 12.6. The number of halogens is 2. The van der Waals surface area contributed by atoms with Crippen molar-refractivity contribution >= 4 is 16.8 Å². The molecule has 1 heterocycles. The van der Waals surface area contributed by atoms with Crippen LogP contribution in [-0.4, -0.2) is 21.7 Å². The molecule has 3 aromatic carbocycles. The number of carbonyl (C=O) groups is 1. The smallest absolute Gasteiger partial charge is 0.225 e. The van der Waals surface area contributed by atoms with Crippen molar-refractivity contribution < 1.29 is 18.3 Å². The SMILES string of the molecule is Cc1ccc([C@H](Oc2ccc3c(cnn3-c3ccc(F)cc3)c2)[C@H](C)NC(=O)C(C)(C)C)cc1F. The van der Waals surface area contributed by atoms with E-state index in [2.05, 4.69) is 10.4 Å². The van der Waals surface area contributed by atoms with Gasteiger partial charge in [0, 0.05) is 10.8 Å². The molecule has 182 valence electrons. The lowest BCUT2D eigenvalue weighted by Crippen LogP contribution is -2.44. The first-order valence-electron chi connectivity index (χ1n) is 11.5. The van der Waals surface area contributed by atoms with E-state index in [0.29, 0.717) is 16.9 Å². The third-order valence-corrected chi connectivity index (χ3v) is 5.89. The Morgan fingerprint density at radius 3 is 2.40 bits per heavy atom. The van der Waals surface area contributed by atoms with E-state index in [4.69, 9.17) is 4.74 Å². The van der Waals surface area contributed by atoms with Crippen molar-refractivity contribution in [3.8, 4) is 11.4 Å². The molecule has 0 saturated carbocycles. The third-order valence-electron chi connectivity index (χ3n) is 5.89. The number of ether oxygens (including phenoxy) is 1. The number of fused-ring (bicyclic) bond motifs is 1. The van der Waals surface area contributed by atoms with Gasteiger partial charge in [-0.2, -0.15) is 5.10 Å². The van der Waals surface area contributed by atoms with Crippen molar-refractivity contribution in [1.82, 2.24) is 15.1 Å². The van der Waals surface area contributed by atoms with E-state index in [9.17, 15) is 13.6 Å². The van der Waals surface area contributed by atoms with Crippen molar-refractivity contribution in [2.75, 3.05) is 0 Å². The molecule has 0 aliphatic heterocycles. The molecular weight excluding hydrogens is 448 g/mol. The summed E-state index contributed by atoms with van der Waals surface area (Å²) in [6.45, 7) is 9.05. The van der Waals surface area contributed by atoms with E-state index in [1.165, 1.54) is 18.2 Å². The van der Waals surface area contributed by atoms with Gasteiger partial charge in [-0.05, 0) is 73.5 Å². The second-order valence-electron chi connectivity index (χ2n) is 9.81. The summed E-state index contributed by atoms with van der Waals surface area (Å²) in [6.07, 6.45) is 1.08. The molecule has 0 bridgehead atoms. The summed E-state index contributed by atoms with van der Waals surface area (Å²) < 4.78 is 35.8. The highest BCUT2D eigenvalue weighted by molar-refractivity contribution is 5.82. The second kappa shape index (κ2) is 9.49. The monoisotopic (exact) mass is 477 g/mol. The Kier molecular flexibility index (Phi) is 6.61. The normalized spacial score (nSPS) is 13.5. The number of amides is 1. The van der Waals surface area contributed by atoms with Crippen molar-refractivity contribution in [1.29, 1.82) is 0 Å². The number of nitrogens with one attached hydrogen (secondary N) is 1. The molecule has 1 amide bonds. The lowest BCUT2D eigenvalue weighted by molar-refractivity contribution is -0.129. The number of rotatable bonds is 6. The van der Waals surface area contributed by atoms with E-state index in [0.717, 1.165) is 16.6 Å². The maximum atomic E-state index is 14.4. The van der Waals surface area contributed by atoms with Crippen molar-refractivity contribution in [2.24, 2.45) is 5.41 Å². The predicted molar refractivity (Wildman–Crippen MR) is 133 cm³/mol. The molecule has 0 spiro atoms. The largest absolute Gasteiger partial charge is 0.484 e. The summed E-state index contributed by atoms with van der Waals surface area (Å²) in [5, 5.41) is 8.26. The first-order valence-corrected chi connectivity index (χ1v) is 11.5. The maximum absolute atomic E-state index is 14.4. The molecule has 0 fully saturated rings. The highest BCUT2D eigenvalue weighted by atomic mass is 19.1. The number of hydrogen-bond acceptors (Lipinski definition) is 3. The number of benzene rings is 3. The van der Waals surface area contributed by atoms with Crippen LogP contribution in [0.2, 0.25) is 0 Å². The first kappa shape index (κ1) is 24.4. The zero-order chi connectivity index (χ0) is 25.3. The van der Waals surface area contributed by atoms with Crippen LogP contribution < -0.4 is 10.1 Å². The first-order chi connectivity index (χ1) is 16.5. The van der Waals surface area contributed by atoms with Gasteiger partial charge in [0.1, 0.15) is 23.5 Å². The van der Waals surface area contributed by atoms with Gasteiger partial charge in [-0.15, -0.1) is 0 Å². The quantitative estimate of drug-likeness (QED) is 0.355. The molecule has 5 nitrogen and oxygen atoms in total. The molecule has 0 aliphatic carbocycles. The van der Waals surface area contributed by atoms with Crippen LogP contribution in [0.1, 0.15) is 44.9 Å². The van der Waals surface area contributed by atoms with Crippen LogP contribution in [0.3, 0.4) is 0 Å². The maximum Gasteiger partial charge on any atom is 0.225 e. The van der Waals surface area contributed by atoms with Crippen LogP contribution in [0.25, 0.3) is 16.6 Å². The highest BCUT2D eigenvalue weighted by Gasteiger charge is 2.28. The highest BCUT2D eigenvalue weighted by Crippen LogP contribution is 2.30. The molecule has 4 aromatic rings. The summed E-state index contributed by atoms with van der Waals surface area (Å²) >= 11 is 0. The van der Waals surface area contributed by atoms with Gasteiger partial charge in [-0.3, -0.25) is 4.79 Å². The average molecular weight is 478 g/mol. The van der Waals surface area contributed by atoms with Crippen LogP contribution in [0, 0.1) is 24.0 Å². The predicted octanol–water partition coefficient (Wildman–Crippen LogP) is 6.28. The van der Waals surface area contributed by atoms with Crippen LogP contribution in [0.5, 0.6) is 5.75 Å². The molecule has 0 unspecified atom stereocenters. The van der Waals surface area contributed by atoms with Crippen molar-refractivity contribution in [3.63, 3.8) is 0 Å². The molecular formula is C28H29F2N3O2. The lowest BCUT2D eigenvalue weighted by atomic mass is 9.94. The Hall–Kier alpha value is -3.74. The molecule has 35 heavy (non-hydrogen) atoms. The van der Waals surface area contributed by atoms with E-state index in [1.807, 2.05) is 45.9 Å². The molecule has 0 saturated heterocycles. The summed E-state index contributed by atoms with van der Waals surface area (Å²) in [6, 6.07) is 16.2. The van der Waals surface area contributed by atoms with Crippen LogP contribution in [0.15, 0.2) is 66.9 Å². The van der Waals surface area contributed by atoms with Crippen LogP contribution in [0.4, 0.5) is 8.78 Å². The topological polar surface area (TPSA) is 56.1 Å². The van der Waals surface area contributed by atoms with E-state index < -0.39 is 17.6 Å². The van der Waals surface area contributed by atoms with Gasteiger partial charge in [0.2, 0.25) is 5.91 Å². The minimum Gasteiger partial charge on any atom is -0.484 e. The fourth-order valence-electron chi connectivity index (χ4n) is 3.76. The fourth-order valence-corrected chi connectivity index (χ4v) is 3.76. The Labute approximate surface area is 203 Å². The van der Waals surface area contributed by atoms with Crippen LogP contribution in [-0.2, 0) is 4.79 Å². The molecule has 1 N–H and O–H groups in total. The molecule has 7 heteroatoms. The van der Waals surface area contributed by atoms with Gasteiger partial charge in [0.15, 0.2) is 0 Å². The van der Waals surface area contributed by atoms with Crippen molar-refractivity contribution in [3.05, 3.63) is 89.6 Å². The number of nitrogens with zero attached hydrogens (tertiary/aromatic N) is 2. The van der Waals surface area contributed by atoms with E-state index >= 15 is 0 Å². The van der Waals surface area contributed by atoms with Crippen molar-refractivity contribution in [2.45, 2.75) is 46.8 Å². The molecule has 2 atom stereocenters. The fraction of sp³-hybridized carbons (Fsp3) is 0.286. The van der Waals surface area contributed by atoms with Crippen LogP contribution >= 0.6 is 0 Å². The van der Waals surface area contributed by atoms with Gasteiger partial charge in [0.05, 0.1) is 23.4 Å². The van der Waals surface area contributed by atoms with E-state index in [-0.39, 0.29) is 17.5 Å². The zero-order valence-electron chi connectivity index (χ0n) is 20.5.